The van der Waals surface area contributed by atoms with Crippen molar-refractivity contribution < 1.29 is 19.4 Å². The summed E-state index contributed by atoms with van der Waals surface area (Å²) in [6, 6.07) is -0.294. The summed E-state index contributed by atoms with van der Waals surface area (Å²) in [5.74, 6) is -0.854. The van der Waals surface area contributed by atoms with Gasteiger partial charge in [-0.15, -0.1) is 0 Å². The summed E-state index contributed by atoms with van der Waals surface area (Å²) in [5.41, 5.74) is 0. The van der Waals surface area contributed by atoms with E-state index in [1.165, 1.54) is 0 Å². The SMILES string of the molecule is CCOC(C)CNC(=O)NCCCC(=O)O. The van der Waals surface area contributed by atoms with Crippen molar-refractivity contribution in [1.82, 2.24) is 10.6 Å². The van der Waals surface area contributed by atoms with Gasteiger partial charge in [-0.25, -0.2) is 4.79 Å². The van der Waals surface area contributed by atoms with Gasteiger partial charge in [-0.3, -0.25) is 4.79 Å². The van der Waals surface area contributed by atoms with Crippen molar-refractivity contribution in [3.05, 3.63) is 0 Å². The summed E-state index contributed by atoms with van der Waals surface area (Å²) < 4.78 is 5.23. The van der Waals surface area contributed by atoms with E-state index in [9.17, 15) is 9.59 Å². The molecule has 0 rings (SSSR count). The second-order valence-corrected chi connectivity index (χ2v) is 3.40. The molecule has 1 unspecified atom stereocenters. The first-order valence-electron chi connectivity index (χ1n) is 5.41. The van der Waals surface area contributed by atoms with E-state index in [2.05, 4.69) is 10.6 Å². The molecule has 0 radical (unpaired) electrons. The standard InChI is InChI=1S/C10H20N2O4/c1-3-16-8(2)7-12-10(15)11-6-4-5-9(13)14/h8H,3-7H2,1-2H3,(H,13,14)(H2,11,12,15). The van der Waals surface area contributed by atoms with Crippen LogP contribution < -0.4 is 10.6 Å². The van der Waals surface area contributed by atoms with Gasteiger partial charge in [0.05, 0.1) is 6.10 Å². The van der Waals surface area contributed by atoms with Gasteiger partial charge in [0.15, 0.2) is 0 Å². The van der Waals surface area contributed by atoms with E-state index in [0.717, 1.165) is 0 Å². The van der Waals surface area contributed by atoms with Gasteiger partial charge in [-0.05, 0) is 20.3 Å². The number of carboxylic acids is 1. The van der Waals surface area contributed by atoms with Crippen LogP contribution in [0.5, 0.6) is 0 Å². The Hall–Kier alpha value is -1.30. The van der Waals surface area contributed by atoms with Crippen molar-refractivity contribution in [3.63, 3.8) is 0 Å². The van der Waals surface area contributed by atoms with Crippen LogP contribution in [-0.4, -0.2) is 42.9 Å². The van der Waals surface area contributed by atoms with Crippen LogP contribution in [0.25, 0.3) is 0 Å². The molecule has 0 aromatic carbocycles. The highest BCUT2D eigenvalue weighted by molar-refractivity contribution is 5.73. The first-order valence-corrected chi connectivity index (χ1v) is 5.41. The van der Waals surface area contributed by atoms with Crippen molar-refractivity contribution in [3.8, 4) is 0 Å². The summed E-state index contributed by atoms with van der Waals surface area (Å²) in [7, 11) is 0. The van der Waals surface area contributed by atoms with Crippen molar-refractivity contribution in [2.24, 2.45) is 0 Å². The number of ether oxygens (including phenoxy) is 1. The van der Waals surface area contributed by atoms with Crippen molar-refractivity contribution in [1.29, 1.82) is 0 Å². The highest BCUT2D eigenvalue weighted by Crippen LogP contribution is 1.88. The van der Waals surface area contributed by atoms with Gasteiger partial charge in [0.1, 0.15) is 0 Å². The van der Waals surface area contributed by atoms with Gasteiger partial charge in [-0.2, -0.15) is 0 Å². The molecule has 0 heterocycles. The second kappa shape index (κ2) is 8.96. The fourth-order valence-corrected chi connectivity index (χ4v) is 1.08. The zero-order chi connectivity index (χ0) is 12.4. The average Bonchev–Trinajstić information content (AvgIpc) is 2.22. The number of amides is 2. The van der Waals surface area contributed by atoms with Gasteiger partial charge < -0.3 is 20.5 Å². The van der Waals surface area contributed by atoms with E-state index < -0.39 is 5.97 Å². The molecule has 94 valence electrons. The van der Waals surface area contributed by atoms with Gasteiger partial charge in [0, 0.05) is 26.1 Å². The Kier molecular flexibility index (Phi) is 8.24. The summed E-state index contributed by atoms with van der Waals surface area (Å²) in [4.78, 5) is 21.4. The Labute approximate surface area is 95.4 Å². The molecule has 6 nitrogen and oxygen atoms in total. The molecule has 0 aromatic heterocycles. The molecule has 16 heavy (non-hydrogen) atoms. The molecule has 0 fully saturated rings. The number of rotatable bonds is 8. The molecule has 6 heteroatoms. The summed E-state index contributed by atoms with van der Waals surface area (Å²) in [6.07, 6.45) is 0.481. The number of carboxylic acid groups (broad SMARTS) is 1. The van der Waals surface area contributed by atoms with Crippen LogP contribution in [0.1, 0.15) is 26.7 Å². The third-order valence-corrected chi connectivity index (χ3v) is 1.85. The second-order valence-electron chi connectivity index (χ2n) is 3.40. The van der Waals surface area contributed by atoms with Crippen LogP contribution in [0.4, 0.5) is 4.79 Å². The molecule has 1 atom stereocenters. The monoisotopic (exact) mass is 232 g/mol. The molecule has 0 aliphatic heterocycles. The van der Waals surface area contributed by atoms with E-state index in [0.29, 0.717) is 26.1 Å². The minimum absolute atomic E-state index is 0.0187. The zero-order valence-corrected chi connectivity index (χ0v) is 9.78. The lowest BCUT2D eigenvalue weighted by atomic mass is 10.3. The van der Waals surface area contributed by atoms with Gasteiger partial charge in [-0.1, -0.05) is 0 Å². The molecular weight excluding hydrogens is 212 g/mol. The number of hydrogen-bond acceptors (Lipinski definition) is 3. The normalized spacial score (nSPS) is 11.9. The van der Waals surface area contributed by atoms with Gasteiger partial charge >= 0.3 is 12.0 Å². The maximum atomic E-state index is 11.2. The number of carbonyl (C=O) groups excluding carboxylic acids is 1. The number of urea groups is 1. The first kappa shape index (κ1) is 14.7. The van der Waals surface area contributed by atoms with Crippen LogP contribution in [-0.2, 0) is 9.53 Å². The predicted molar refractivity (Wildman–Crippen MR) is 59.4 cm³/mol. The molecule has 3 N–H and O–H groups in total. The van der Waals surface area contributed by atoms with Crippen molar-refractivity contribution in [2.45, 2.75) is 32.8 Å². The lowest BCUT2D eigenvalue weighted by Gasteiger charge is -2.12. The maximum Gasteiger partial charge on any atom is 0.314 e. The fourth-order valence-electron chi connectivity index (χ4n) is 1.08. The topological polar surface area (TPSA) is 87.7 Å². The van der Waals surface area contributed by atoms with Crippen LogP contribution in [0, 0.1) is 0 Å². The van der Waals surface area contributed by atoms with E-state index in [-0.39, 0.29) is 18.6 Å². The van der Waals surface area contributed by atoms with Crippen LogP contribution >= 0.6 is 0 Å². The molecular formula is C10H20N2O4. The Morgan fingerprint density at radius 3 is 2.62 bits per heavy atom. The predicted octanol–water partition coefficient (Wildman–Crippen LogP) is 0.575. The van der Waals surface area contributed by atoms with Gasteiger partial charge in [0.2, 0.25) is 0 Å². The molecule has 2 amide bonds. The summed E-state index contributed by atoms with van der Waals surface area (Å²) in [5, 5.41) is 13.6. The molecule has 0 aliphatic rings. The lowest BCUT2D eigenvalue weighted by molar-refractivity contribution is -0.137. The Bertz CT molecular complexity index is 221. The smallest absolute Gasteiger partial charge is 0.314 e. The average molecular weight is 232 g/mol. The van der Waals surface area contributed by atoms with E-state index in [1.807, 2.05) is 13.8 Å². The first-order chi connectivity index (χ1) is 7.56. The number of aliphatic carboxylic acids is 1. The minimum atomic E-state index is -0.854. The highest BCUT2D eigenvalue weighted by Gasteiger charge is 2.04. The molecule has 0 aromatic rings. The molecule has 0 spiro atoms. The quantitative estimate of drug-likeness (QED) is 0.534. The molecule has 0 saturated heterocycles. The van der Waals surface area contributed by atoms with Crippen LogP contribution in [0.15, 0.2) is 0 Å². The van der Waals surface area contributed by atoms with Crippen molar-refractivity contribution >= 4 is 12.0 Å². The zero-order valence-electron chi connectivity index (χ0n) is 9.78. The maximum absolute atomic E-state index is 11.2. The third-order valence-electron chi connectivity index (χ3n) is 1.85. The van der Waals surface area contributed by atoms with Crippen molar-refractivity contribution in [2.75, 3.05) is 19.7 Å². The Balaban J connectivity index is 3.41. The summed E-state index contributed by atoms with van der Waals surface area (Å²) >= 11 is 0. The molecule has 0 bridgehead atoms. The van der Waals surface area contributed by atoms with Crippen LogP contribution in [0.3, 0.4) is 0 Å². The highest BCUT2D eigenvalue weighted by atomic mass is 16.5. The van der Waals surface area contributed by atoms with Crippen LogP contribution in [0.2, 0.25) is 0 Å². The fraction of sp³-hybridized carbons (Fsp3) is 0.800. The van der Waals surface area contributed by atoms with E-state index in [1.54, 1.807) is 0 Å². The number of carbonyl (C=O) groups is 2. The molecule has 0 saturated carbocycles. The molecule has 0 aliphatic carbocycles. The Morgan fingerprint density at radius 1 is 1.38 bits per heavy atom. The van der Waals surface area contributed by atoms with E-state index in [4.69, 9.17) is 9.84 Å². The van der Waals surface area contributed by atoms with Gasteiger partial charge in [0.25, 0.3) is 0 Å². The number of nitrogens with one attached hydrogen (secondary N) is 2. The third kappa shape index (κ3) is 9.26. The lowest BCUT2D eigenvalue weighted by Crippen LogP contribution is -2.40. The Morgan fingerprint density at radius 2 is 2.06 bits per heavy atom. The number of hydrogen-bond donors (Lipinski definition) is 3. The minimum Gasteiger partial charge on any atom is -0.481 e. The summed E-state index contributed by atoms with van der Waals surface area (Å²) in [6.45, 7) is 5.18. The largest absolute Gasteiger partial charge is 0.481 e. The van der Waals surface area contributed by atoms with E-state index >= 15 is 0 Å².